The number of anilines is 2. The molecule has 1 fully saturated rings. The van der Waals surface area contributed by atoms with Gasteiger partial charge in [-0.25, -0.2) is 8.42 Å². The lowest BCUT2D eigenvalue weighted by atomic mass is 10.1. The molecule has 0 bridgehead atoms. The molecule has 2 aromatic rings. The van der Waals surface area contributed by atoms with Crippen molar-refractivity contribution in [1.29, 1.82) is 0 Å². The Hall–Kier alpha value is -2.78. The van der Waals surface area contributed by atoms with Crippen LogP contribution in [0.1, 0.15) is 29.6 Å². The maximum Gasteiger partial charge on any atom is 0.267 e. The van der Waals surface area contributed by atoms with Gasteiger partial charge in [0.25, 0.3) is 11.8 Å². The number of halogens is 1. The van der Waals surface area contributed by atoms with Gasteiger partial charge >= 0.3 is 0 Å². The van der Waals surface area contributed by atoms with Crippen LogP contribution >= 0.6 is 11.6 Å². The van der Waals surface area contributed by atoms with E-state index >= 15 is 0 Å². The topological polar surface area (TPSA) is 96.0 Å². The summed E-state index contributed by atoms with van der Waals surface area (Å²) in [5.74, 6) is -0.440. The van der Waals surface area contributed by atoms with Crippen molar-refractivity contribution >= 4 is 44.8 Å². The van der Waals surface area contributed by atoms with Gasteiger partial charge in [-0.15, -0.1) is 0 Å². The number of piperidine rings is 1. The highest BCUT2D eigenvalue weighted by molar-refractivity contribution is 7.92. The van der Waals surface area contributed by atoms with Crippen LogP contribution in [0.4, 0.5) is 11.4 Å². The summed E-state index contributed by atoms with van der Waals surface area (Å²) in [7, 11) is -3.68. The first-order chi connectivity index (χ1) is 15.2. The molecular weight excluding hydrogens is 454 g/mol. The van der Waals surface area contributed by atoms with Crippen molar-refractivity contribution in [3.05, 3.63) is 53.1 Å². The number of rotatable bonds is 4. The Kier molecular flexibility index (Phi) is 6.30. The second-order valence-electron chi connectivity index (χ2n) is 7.90. The van der Waals surface area contributed by atoms with E-state index in [-0.39, 0.29) is 23.9 Å². The Morgan fingerprint density at radius 1 is 1.09 bits per heavy atom. The average Bonchev–Trinajstić information content (AvgIpc) is 2.78. The summed E-state index contributed by atoms with van der Waals surface area (Å²) in [6.45, 7) is 1.17. The van der Waals surface area contributed by atoms with Crippen LogP contribution in [-0.4, -0.2) is 57.1 Å². The average molecular weight is 478 g/mol. The molecule has 2 aliphatic rings. The van der Waals surface area contributed by atoms with Crippen LogP contribution in [-0.2, 0) is 14.8 Å². The number of carbonyl (C=O) groups is 2. The van der Waals surface area contributed by atoms with Crippen molar-refractivity contribution in [3.63, 3.8) is 0 Å². The van der Waals surface area contributed by atoms with Crippen molar-refractivity contribution < 1.29 is 22.7 Å². The molecule has 8 nitrogen and oxygen atoms in total. The van der Waals surface area contributed by atoms with Crippen molar-refractivity contribution in [1.82, 2.24) is 4.90 Å². The van der Waals surface area contributed by atoms with Crippen LogP contribution in [0.25, 0.3) is 0 Å². The van der Waals surface area contributed by atoms with Crippen LogP contribution < -0.4 is 14.4 Å². The SMILES string of the molecule is CS(=O)(=O)N1C[C@H](C(=O)Nc2ccccc2C(=O)N2CCCCC2)Oc2ccc(Cl)cc21. The number of hydrogen-bond donors (Lipinski definition) is 1. The van der Waals surface area contributed by atoms with Crippen molar-refractivity contribution in [2.45, 2.75) is 25.4 Å². The molecule has 2 amide bonds. The number of sulfonamides is 1. The third-order valence-electron chi connectivity index (χ3n) is 5.54. The largest absolute Gasteiger partial charge is 0.476 e. The van der Waals surface area contributed by atoms with Gasteiger partial charge in [0, 0.05) is 18.1 Å². The summed E-state index contributed by atoms with van der Waals surface area (Å²) < 4.78 is 31.6. The molecule has 1 atom stereocenters. The molecule has 0 saturated carbocycles. The number of nitrogens with zero attached hydrogens (tertiary/aromatic N) is 2. The fourth-order valence-electron chi connectivity index (χ4n) is 3.93. The molecular formula is C22H24ClN3O5S. The smallest absolute Gasteiger partial charge is 0.267 e. The number of fused-ring (bicyclic) bond motifs is 1. The fraction of sp³-hybridized carbons (Fsp3) is 0.364. The molecule has 2 aliphatic heterocycles. The zero-order valence-corrected chi connectivity index (χ0v) is 19.2. The molecule has 170 valence electrons. The number of hydrogen-bond acceptors (Lipinski definition) is 5. The number of nitrogens with one attached hydrogen (secondary N) is 1. The minimum absolute atomic E-state index is 0.136. The molecule has 0 aliphatic carbocycles. The third kappa shape index (κ3) is 4.68. The molecule has 10 heteroatoms. The minimum Gasteiger partial charge on any atom is -0.476 e. The van der Waals surface area contributed by atoms with Gasteiger partial charge in [0.15, 0.2) is 6.10 Å². The standard InChI is InChI=1S/C22H24ClN3O5S/c1-32(29,30)26-14-20(31-19-10-9-15(23)13-18(19)26)21(27)24-17-8-4-3-7-16(17)22(28)25-11-5-2-6-12-25/h3-4,7-10,13,20H,2,5-6,11-12,14H2,1H3,(H,24,27)/t20-/m1/s1. The van der Waals surface area contributed by atoms with Gasteiger partial charge in [0.05, 0.1) is 29.7 Å². The molecule has 0 aromatic heterocycles. The molecule has 2 aromatic carbocycles. The first-order valence-electron chi connectivity index (χ1n) is 10.4. The highest BCUT2D eigenvalue weighted by Crippen LogP contribution is 2.37. The molecule has 32 heavy (non-hydrogen) atoms. The van der Waals surface area contributed by atoms with Crippen molar-refractivity contribution in [3.8, 4) is 5.75 Å². The maximum atomic E-state index is 13.1. The molecule has 1 N–H and O–H groups in total. The first kappa shape index (κ1) is 22.4. The predicted octanol–water partition coefficient (Wildman–Crippen LogP) is 3.13. The Labute approximate surface area is 192 Å². The van der Waals surface area contributed by atoms with Crippen molar-refractivity contribution in [2.75, 3.05) is 35.5 Å². The van der Waals surface area contributed by atoms with E-state index in [1.54, 1.807) is 35.2 Å². The molecule has 0 unspecified atom stereocenters. The van der Waals surface area contributed by atoms with E-state index in [2.05, 4.69) is 5.32 Å². The van der Waals surface area contributed by atoms with Crippen molar-refractivity contribution in [2.24, 2.45) is 0 Å². The monoisotopic (exact) mass is 477 g/mol. The number of ether oxygens (including phenoxy) is 1. The van der Waals surface area contributed by atoms with E-state index in [1.165, 1.54) is 12.1 Å². The zero-order valence-electron chi connectivity index (χ0n) is 17.6. The Morgan fingerprint density at radius 3 is 2.53 bits per heavy atom. The molecule has 4 rings (SSSR count). The molecule has 2 heterocycles. The van der Waals surface area contributed by atoms with Crippen LogP contribution in [0.3, 0.4) is 0 Å². The molecule has 0 spiro atoms. The van der Waals surface area contributed by atoms with Gasteiger partial charge in [-0.1, -0.05) is 23.7 Å². The maximum absolute atomic E-state index is 13.1. The first-order valence-corrected chi connectivity index (χ1v) is 12.6. The number of benzene rings is 2. The van der Waals surface area contributed by atoms with E-state index in [0.717, 1.165) is 29.8 Å². The number of amides is 2. The van der Waals surface area contributed by atoms with E-state index in [9.17, 15) is 18.0 Å². The number of para-hydroxylation sites is 1. The van der Waals surface area contributed by atoms with Gasteiger partial charge in [0.1, 0.15) is 5.75 Å². The second kappa shape index (κ2) is 8.99. The summed E-state index contributed by atoms with van der Waals surface area (Å²) in [5, 5.41) is 3.11. The lowest BCUT2D eigenvalue weighted by Crippen LogP contribution is -2.48. The Bertz CT molecular complexity index is 1150. The molecule has 1 saturated heterocycles. The highest BCUT2D eigenvalue weighted by atomic mass is 35.5. The van der Waals surface area contributed by atoms with Crippen LogP contribution in [0.2, 0.25) is 5.02 Å². The fourth-order valence-corrected chi connectivity index (χ4v) is 5.01. The summed E-state index contributed by atoms with van der Waals surface area (Å²) in [6, 6.07) is 11.4. The summed E-state index contributed by atoms with van der Waals surface area (Å²) >= 11 is 6.02. The predicted molar refractivity (Wildman–Crippen MR) is 123 cm³/mol. The third-order valence-corrected chi connectivity index (χ3v) is 6.92. The molecule has 0 radical (unpaired) electrons. The lowest BCUT2D eigenvalue weighted by molar-refractivity contribution is -0.122. The highest BCUT2D eigenvalue weighted by Gasteiger charge is 2.35. The normalized spacial score (nSPS) is 18.5. The van der Waals surface area contributed by atoms with Crippen LogP contribution in [0.5, 0.6) is 5.75 Å². The van der Waals surface area contributed by atoms with Gasteiger partial charge in [-0.3, -0.25) is 13.9 Å². The zero-order chi connectivity index (χ0) is 22.9. The summed E-state index contributed by atoms with van der Waals surface area (Å²) in [5.41, 5.74) is 1.04. The van der Waals surface area contributed by atoms with Gasteiger partial charge in [0.2, 0.25) is 10.0 Å². The second-order valence-corrected chi connectivity index (χ2v) is 10.2. The summed E-state index contributed by atoms with van der Waals surface area (Å²) in [4.78, 5) is 27.8. The van der Waals surface area contributed by atoms with E-state index in [1.807, 2.05) is 0 Å². The van der Waals surface area contributed by atoms with Crippen LogP contribution in [0, 0.1) is 0 Å². The van der Waals surface area contributed by atoms with E-state index < -0.39 is 22.0 Å². The number of carbonyl (C=O) groups excluding carboxylic acids is 2. The minimum atomic E-state index is -3.68. The summed E-state index contributed by atoms with van der Waals surface area (Å²) in [6.07, 6.45) is 2.98. The van der Waals surface area contributed by atoms with E-state index in [0.29, 0.717) is 29.4 Å². The quantitative estimate of drug-likeness (QED) is 0.729. The van der Waals surface area contributed by atoms with E-state index in [4.69, 9.17) is 16.3 Å². The Morgan fingerprint density at radius 2 is 1.81 bits per heavy atom. The van der Waals surface area contributed by atoms with Gasteiger partial charge in [-0.2, -0.15) is 0 Å². The van der Waals surface area contributed by atoms with Gasteiger partial charge in [-0.05, 0) is 49.6 Å². The van der Waals surface area contributed by atoms with Crippen LogP contribution in [0.15, 0.2) is 42.5 Å². The van der Waals surface area contributed by atoms with Gasteiger partial charge < -0.3 is 15.0 Å². The number of likely N-dealkylation sites (tertiary alicyclic amines) is 1. The lowest BCUT2D eigenvalue weighted by Gasteiger charge is -2.34. The Balaban J connectivity index is 1.57.